The van der Waals surface area contributed by atoms with Crippen molar-refractivity contribution in [3.05, 3.63) is 47.0 Å². The molecule has 102 valence electrons. The van der Waals surface area contributed by atoms with E-state index in [2.05, 4.69) is 24.3 Å². The maximum Gasteiger partial charge on any atom is 0.169 e. The second-order valence-corrected chi connectivity index (χ2v) is 5.95. The molecule has 2 heteroatoms. The molecule has 0 aromatic heterocycles. The van der Waals surface area contributed by atoms with Crippen LogP contribution in [0.3, 0.4) is 0 Å². The summed E-state index contributed by atoms with van der Waals surface area (Å²) in [4.78, 5) is 12.8. The predicted octanol–water partition coefficient (Wildman–Crippen LogP) is 3.55. The molecular formula is C18H18O2. The zero-order chi connectivity index (χ0) is 13.7. The minimum absolute atomic E-state index is 0.0217. The van der Waals surface area contributed by atoms with Crippen LogP contribution < -0.4 is 0 Å². The van der Waals surface area contributed by atoms with Crippen molar-refractivity contribution in [2.45, 2.75) is 32.3 Å². The van der Waals surface area contributed by atoms with Gasteiger partial charge in [-0.3, -0.25) is 4.79 Å². The number of carbonyl (C=O) groups is 1. The number of ether oxygens (including phenoxy) is 1. The van der Waals surface area contributed by atoms with Crippen LogP contribution in [0.2, 0.25) is 0 Å². The van der Waals surface area contributed by atoms with Crippen molar-refractivity contribution in [3.63, 3.8) is 0 Å². The van der Waals surface area contributed by atoms with E-state index in [0.29, 0.717) is 6.61 Å². The first kappa shape index (κ1) is 12.1. The van der Waals surface area contributed by atoms with Crippen molar-refractivity contribution >= 4 is 16.6 Å². The number of carbonyl (C=O) groups excluding carboxylic acids is 1. The molecule has 0 saturated carbocycles. The summed E-state index contributed by atoms with van der Waals surface area (Å²) in [6, 6.07) is 10.5. The van der Waals surface area contributed by atoms with Crippen molar-refractivity contribution in [1.29, 1.82) is 0 Å². The van der Waals surface area contributed by atoms with Crippen LogP contribution in [0, 0.1) is 5.92 Å². The average molecular weight is 266 g/mol. The molecule has 0 amide bonds. The number of rotatable bonds is 2. The third-order valence-electron chi connectivity index (χ3n) is 4.86. The summed E-state index contributed by atoms with van der Waals surface area (Å²) in [5.41, 5.74) is 3.67. The van der Waals surface area contributed by atoms with E-state index >= 15 is 0 Å². The van der Waals surface area contributed by atoms with Gasteiger partial charge in [0.05, 0.1) is 12.0 Å². The van der Waals surface area contributed by atoms with Gasteiger partial charge in [0.2, 0.25) is 0 Å². The Hall–Kier alpha value is -1.67. The molecule has 1 fully saturated rings. The van der Waals surface area contributed by atoms with Crippen molar-refractivity contribution in [2.75, 3.05) is 6.61 Å². The quantitative estimate of drug-likeness (QED) is 0.777. The molecule has 1 saturated heterocycles. The first-order chi connectivity index (χ1) is 9.75. The van der Waals surface area contributed by atoms with Gasteiger partial charge in [0.25, 0.3) is 0 Å². The van der Waals surface area contributed by atoms with E-state index < -0.39 is 0 Å². The topological polar surface area (TPSA) is 26.3 Å². The summed E-state index contributed by atoms with van der Waals surface area (Å²) >= 11 is 0. The van der Waals surface area contributed by atoms with Crippen LogP contribution in [0.1, 0.15) is 34.8 Å². The van der Waals surface area contributed by atoms with Gasteiger partial charge in [-0.1, -0.05) is 30.3 Å². The first-order valence-corrected chi connectivity index (χ1v) is 7.45. The van der Waals surface area contributed by atoms with Crippen molar-refractivity contribution < 1.29 is 9.53 Å². The normalized spacial score (nSPS) is 24.4. The van der Waals surface area contributed by atoms with Crippen molar-refractivity contribution in [2.24, 2.45) is 5.92 Å². The van der Waals surface area contributed by atoms with Gasteiger partial charge in [-0.25, -0.2) is 0 Å². The fraction of sp³-hybridized carbons (Fsp3) is 0.389. The molecule has 1 heterocycles. The summed E-state index contributed by atoms with van der Waals surface area (Å²) in [5.74, 6) is 0.277. The van der Waals surface area contributed by atoms with Gasteiger partial charge >= 0.3 is 0 Å². The van der Waals surface area contributed by atoms with E-state index in [4.69, 9.17) is 4.74 Å². The second kappa shape index (κ2) is 4.42. The molecule has 1 aliphatic carbocycles. The van der Waals surface area contributed by atoms with Crippen LogP contribution in [0.15, 0.2) is 30.3 Å². The number of hydrogen-bond acceptors (Lipinski definition) is 2. The van der Waals surface area contributed by atoms with Gasteiger partial charge in [0.1, 0.15) is 0 Å². The van der Waals surface area contributed by atoms with Crippen LogP contribution in [-0.4, -0.2) is 18.5 Å². The van der Waals surface area contributed by atoms with Crippen LogP contribution in [0.4, 0.5) is 0 Å². The lowest BCUT2D eigenvalue weighted by Crippen LogP contribution is -2.22. The van der Waals surface area contributed by atoms with E-state index in [1.54, 1.807) is 0 Å². The smallest absolute Gasteiger partial charge is 0.169 e. The summed E-state index contributed by atoms with van der Waals surface area (Å²) in [6.45, 7) is 2.72. The van der Waals surface area contributed by atoms with Gasteiger partial charge < -0.3 is 4.74 Å². The Morgan fingerprint density at radius 1 is 1.15 bits per heavy atom. The number of Topliss-reactive ketones (excluding diaryl/α,β-unsaturated/α-hetero) is 1. The summed E-state index contributed by atoms with van der Waals surface area (Å²) in [7, 11) is 0. The molecule has 0 bridgehead atoms. The summed E-state index contributed by atoms with van der Waals surface area (Å²) in [6.07, 6.45) is 3.11. The lowest BCUT2D eigenvalue weighted by Gasteiger charge is -2.15. The standard InChI is InChI=1S/C18H18O2/c1-11-14(9-10-20-11)18(19)16-8-7-13-6-5-12-3-2-4-15(16)17(12)13/h2-4,7-8,11,14H,5-6,9-10H2,1H3. The average Bonchev–Trinajstić information content (AvgIpc) is 3.07. The van der Waals surface area contributed by atoms with E-state index in [1.165, 1.54) is 16.5 Å². The Kier molecular flexibility index (Phi) is 2.67. The molecule has 0 spiro atoms. The van der Waals surface area contributed by atoms with Gasteiger partial charge in [0, 0.05) is 12.2 Å². The highest BCUT2D eigenvalue weighted by molar-refractivity contribution is 6.11. The Balaban J connectivity index is 1.87. The minimum Gasteiger partial charge on any atom is -0.378 e. The highest BCUT2D eigenvalue weighted by Crippen LogP contribution is 2.35. The maximum atomic E-state index is 12.8. The maximum absolute atomic E-state index is 12.8. The fourth-order valence-electron chi connectivity index (χ4n) is 3.74. The van der Waals surface area contributed by atoms with E-state index in [9.17, 15) is 4.79 Å². The van der Waals surface area contributed by atoms with Crippen LogP contribution in [0.5, 0.6) is 0 Å². The van der Waals surface area contributed by atoms with Gasteiger partial charge in [-0.15, -0.1) is 0 Å². The lowest BCUT2D eigenvalue weighted by molar-refractivity contribution is 0.0766. The molecule has 2 aliphatic rings. The van der Waals surface area contributed by atoms with E-state index in [1.807, 2.05) is 13.0 Å². The number of aryl methyl sites for hydroxylation is 2. The molecule has 2 nitrogen and oxygen atoms in total. The molecule has 20 heavy (non-hydrogen) atoms. The number of hydrogen-bond donors (Lipinski definition) is 0. The number of ketones is 1. The molecule has 1 aliphatic heterocycles. The fourth-order valence-corrected chi connectivity index (χ4v) is 3.74. The Morgan fingerprint density at radius 3 is 2.70 bits per heavy atom. The van der Waals surface area contributed by atoms with Crippen LogP contribution in [-0.2, 0) is 17.6 Å². The highest BCUT2D eigenvalue weighted by atomic mass is 16.5. The van der Waals surface area contributed by atoms with Crippen molar-refractivity contribution in [3.8, 4) is 0 Å². The zero-order valence-electron chi connectivity index (χ0n) is 11.7. The monoisotopic (exact) mass is 266 g/mol. The molecule has 2 unspecified atom stereocenters. The molecule has 0 N–H and O–H groups in total. The summed E-state index contributed by atoms with van der Waals surface area (Å²) < 4.78 is 5.56. The van der Waals surface area contributed by atoms with Crippen LogP contribution in [0.25, 0.3) is 10.8 Å². The first-order valence-electron chi connectivity index (χ1n) is 7.45. The third-order valence-corrected chi connectivity index (χ3v) is 4.86. The van der Waals surface area contributed by atoms with E-state index in [-0.39, 0.29) is 17.8 Å². The molecular weight excluding hydrogens is 248 g/mol. The Labute approximate surface area is 118 Å². The zero-order valence-corrected chi connectivity index (χ0v) is 11.7. The molecule has 0 radical (unpaired) electrons. The molecule has 2 aromatic carbocycles. The van der Waals surface area contributed by atoms with E-state index in [0.717, 1.165) is 30.2 Å². The van der Waals surface area contributed by atoms with Gasteiger partial charge in [-0.2, -0.15) is 0 Å². The predicted molar refractivity (Wildman–Crippen MR) is 79.2 cm³/mol. The van der Waals surface area contributed by atoms with Gasteiger partial charge in [-0.05, 0) is 48.1 Å². The Bertz CT molecular complexity index is 692. The molecule has 4 rings (SSSR count). The minimum atomic E-state index is 0.0217. The Morgan fingerprint density at radius 2 is 1.95 bits per heavy atom. The highest BCUT2D eigenvalue weighted by Gasteiger charge is 2.32. The molecule has 2 aromatic rings. The second-order valence-electron chi connectivity index (χ2n) is 5.95. The number of benzene rings is 2. The SMILES string of the molecule is CC1OCCC1C(=O)c1ccc2c3c(cccc13)CC2. The van der Waals surface area contributed by atoms with Gasteiger partial charge in [0.15, 0.2) is 5.78 Å². The lowest BCUT2D eigenvalue weighted by atomic mass is 9.88. The molecule has 2 atom stereocenters. The largest absolute Gasteiger partial charge is 0.378 e. The summed E-state index contributed by atoms with van der Waals surface area (Å²) in [5, 5.41) is 2.46. The van der Waals surface area contributed by atoms with Crippen LogP contribution >= 0.6 is 0 Å². The third kappa shape index (κ3) is 1.64. The van der Waals surface area contributed by atoms with Crippen molar-refractivity contribution in [1.82, 2.24) is 0 Å².